The van der Waals surface area contributed by atoms with E-state index in [4.69, 9.17) is 4.74 Å². The summed E-state index contributed by atoms with van der Waals surface area (Å²) in [5.74, 6) is 0.811. The zero-order valence-electron chi connectivity index (χ0n) is 13.3. The Morgan fingerprint density at radius 1 is 0.792 bits per heavy atom. The van der Waals surface area contributed by atoms with Crippen LogP contribution in [-0.4, -0.2) is 5.78 Å². The van der Waals surface area contributed by atoms with Crippen molar-refractivity contribution in [3.05, 3.63) is 108 Å². The van der Waals surface area contributed by atoms with E-state index < -0.39 is 0 Å². The molecule has 0 unspecified atom stereocenters. The molecule has 0 heterocycles. The molecule has 3 rings (SSSR count). The second-order valence-electron chi connectivity index (χ2n) is 5.41. The Hall–Kier alpha value is -3.13. The lowest BCUT2D eigenvalue weighted by molar-refractivity contribution is 0.104. The number of benzene rings is 3. The minimum atomic E-state index is 0.00000383. The van der Waals surface area contributed by atoms with Crippen LogP contribution in [0.4, 0.5) is 0 Å². The molecule has 0 amide bonds. The maximum atomic E-state index is 12.0. The molecule has 0 atom stereocenters. The molecular formula is C22H18O2. The van der Waals surface area contributed by atoms with Gasteiger partial charge in [-0.2, -0.15) is 0 Å². The fraction of sp³-hybridized carbons (Fsp3) is 0.0455. The lowest BCUT2D eigenvalue weighted by Gasteiger charge is -2.06. The van der Waals surface area contributed by atoms with Crippen LogP contribution in [0.1, 0.15) is 21.5 Å². The minimum absolute atomic E-state index is 0.00000383. The van der Waals surface area contributed by atoms with E-state index in [9.17, 15) is 4.79 Å². The molecule has 0 spiro atoms. The fourth-order valence-electron chi connectivity index (χ4n) is 2.29. The molecule has 0 aliphatic carbocycles. The molecular weight excluding hydrogens is 296 g/mol. The molecule has 0 N–H and O–H groups in total. The van der Waals surface area contributed by atoms with Crippen molar-refractivity contribution in [2.24, 2.45) is 0 Å². The third kappa shape index (κ3) is 4.43. The van der Waals surface area contributed by atoms with E-state index in [2.05, 4.69) is 0 Å². The van der Waals surface area contributed by atoms with Gasteiger partial charge in [-0.25, -0.2) is 0 Å². The number of carbonyl (C=O) groups is 1. The number of allylic oxidation sites excluding steroid dienone is 1. The monoisotopic (exact) mass is 314 g/mol. The van der Waals surface area contributed by atoms with Crippen molar-refractivity contribution in [2.45, 2.75) is 6.61 Å². The molecule has 0 radical (unpaired) electrons. The number of ether oxygens (including phenoxy) is 1. The summed E-state index contributed by atoms with van der Waals surface area (Å²) in [7, 11) is 0. The Balaban J connectivity index is 1.58. The SMILES string of the molecule is O=C(/C=C/c1ccc(OCc2ccccc2)cc1)c1ccccc1. The van der Waals surface area contributed by atoms with Gasteiger partial charge in [-0.15, -0.1) is 0 Å². The summed E-state index contributed by atoms with van der Waals surface area (Å²) in [5.41, 5.74) is 2.79. The van der Waals surface area contributed by atoms with Crippen LogP contribution in [-0.2, 0) is 6.61 Å². The zero-order chi connectivity index (χ0) is 16.6. The quantitative estimate of drug-likeness (QED) is 0.464. The van der Waals surface area contributed by atoms with Crippen molar-refractivity contribution in [2.75, 3.05) is 0 Å². The van der Waals surface area contributed by atoms with Crippen molar-refractivity contribution in [3.63, 3.8) is 0 Å². The first-order valence-corrected chi connectivity index (χ1v) is 7.85. The predicted molar refractivity (Wildman–Crippen MR) is 97.0 cm³/mol. The summed E-state index contributed by atoms with van der Waals surface area (Å²) in [5, 5.41) is 0. The smallest absolute Gasteiger partial charge is 0.185 e. The largest absolute Gasteiger partial charge is 0.489 e. The summed E-state index contributed by atoms with van der Waals surface area (Å²) in [6, 6.07) is 27.0. The molecule has 2 heteroatoms. The molecule has 118 valence electrons. The normalized spacial score (nSPS) is 10.7. The summed E-state index contributed by atoms with van der Waals surface area (Å²) < 4.78 is 5.75. The van der Waals surface area contributed by atoms with Crippen molar-refractivity contribution in [1.82, 2.24) is 0 Å². The van der Waals surface area contributed by atoms with Gasteiger partial charge in [0.2, 0.25) is 0 Å². The maximum absolute atomic E-state index is 12.0. The van der Waals surface area contributed by atoms with E-state index in [1.54, 1.807) is 6.08 Å². The fourth-order valence-corrected chi connectivity index (χ4v) is 2.29. The van der Waals surface area contributed by atoms with Crippen LogP contribution in [0.3, 0.4) is 0 Å². The van der Waals surface area contributed by atoms with Crippen LogP contribution >= 0.6 is 0 Å². The molecule has 3 aromatic rings. The highest BCUT2D eigenvalue weighted by Crippen LogP contribution is 2.15. The third-order valence-electron chi connectivity index (χ3n) is 3.61. The lowest BCUT2D eigenvalue weighted by atomic mass is 10.1. The van der Waals surface area contributed by atoms with Gasteiger partial charge in [0, 0.05) is 5.56 Å². The van der Waals surface area contributed by atoms with Crippen LogP contribution in [0.15, 0.2) is 91.0 Å². The van der Waals surface area contributed by atoms with Crippen molar-refractivity contribution in [3.8, 4) is 5.75 Å². The highest BCUT2D eigenvalue weighted by molar-refractivity contribution is 6.06. The summed E-state index contributed by atoms with van der Waals surface area (Å²) >= 11 is 0. The first-order chi connectivity index (χ1) is 11.8. The van der Waals surface area contributed by atoms with Crippen LogP contribution in [0.25, 0.3) is 6.08 Å². The molecule has 0 saturated carbocycles. The molecule has 2 nitrogen and oxygen atoms in total. The molecule has 24 heavy (non-hydrogen) atoms. The second kappa shape index (κ2) is 7.93. The van der Waals surface area contributed by atoms with Gasteiger partial charge in [0.25, 0.3) is 0 Å². The average molecular weight is 314 g/mol. The minimum Gasteiger partial charge on any atom is -0.489 e. The Bertz CT molecular complexity index is 804. The highest BCUT2D eigenvalue weighted by Gasteiger charge is 2.00. The highest BCUT2D eigenvalue weighted by atomic mass is 16.5. The van der Waals surface area contributed by atoms with Crippen LogP contribution in [0.2, 0.25) is 0 Å². The Kier molecular flexibility index (Phi) is 5.21. The van der Waals surface area contributed by atoms with E-state index in [0.717, 1.165) is 16.9 Å². The standard InChI is InChI=1S/C22H18O2/c23-22(20-9-5-2-6-10-20)16-13-18-11-14-21(15-12-18)24-17-19-7-3-1-4-8-19/h1-16H,17H2/b16-13+. The van der Waals surface area contributed by atoms with Gasteiger partial charge in [0.05, 0.1) is 0 Å². The summed E-state index contributed by atoms with van der Waals surface area (Å²) in [4.78, 5) is 12.0. The van der Waals surface area contributed by atoms with Gasteiger partial charge in [-0.1, -0.05) is 78.9 Å². The first kappa shape index (κ1) is 15.8. The Labute approximate surface area is 142 Å². The number of hydrogen-bond acceptors (Lipinski definition) is 2. The van der Waals surface area contributed by atoms with E-state index in [1.807, 2.05) is 91.0 Å². The number of ketones is 1. The van der Waals surface area contributed by atoms with Crippen LogP contribution in [0.5, 0.6) is 5.75 Å². The summed E-state index contributed by atoms with van der Waals surface area (Å²) in [6.45, 7) is 0.544. The average Bonchev–Trinajstić information content (AvgIpc) is 2.67. The Morgan fingerprint density at radius 2 is 1.42 bits per heavy atom. The molecule has 0 fully saturated rings. The van der Waals surface area contributed by atoms with Gasteiger partial charge < -0.3 is 4.74 Å². The molecule has 3 aromatic carbocycles. The maximum Gasteiger partial charge on any atom is 0.185 e. The van der Waals surface area contributed by atoms with Gasteiger partial charge in [0.1, 0.15) is 12.4 Å². The van der Waals surface area contributed by atoms with Crippen LogP contribution in [0, 0.1) is 0 Å². The number of carbonyl (C=O) groups excluding carboxylic acids is 1. The van der Waals surface area contributed by atoms with Crippen molar-refractivity contribution in [1.29, 1.82) is 0 Å². The zero-order valence-corrected chi connectivity index (χ0v) is 13.3. The van der Waals surface area contributed by atoms with Crippen LogP contribution < -0.4 is 4.74 Å². The molecule has 0 aliphatic rings. The van der Waals surface area contributed by atoms with E-state index in [1.165, 1.54) is 0 Å². The van der Waals surface area contributed by atoms with Gasteiger partial charge >= 0.3 is 0 Å². The number of hydrogen-bond donors (Lipinski definition) is 0. The third-order valence-corrected chi connectivity index (χ3v) is 3.61. The first-order valence-electron chi connectivity index (χ1n) is 7.85. The molecule has 0 saturated heterocycles. The van der Waals surface area contributed by atoms with Crippen molar-refractivity contribution >= 4 is 11.9 Å². The van der Waals surface area contributed by atoms with E-state index in [-0.39, 0.29) is 5.78 Å². The molecule has 0 aromatic heterocycles. The molecule has 0 bridgehead atoms. The summed E-state index contributed by atoms with van der Waals surface area (Å²) in [6.07, 6.45) is 3.41. The van der Waals surface area contributed by atoms with Gasteiger partial charge in [-0.05, 0) is 29.3 Å². The van der Waals surface area contributed by atoms with E-state index >= 15 is 0 Å². The molecule has 0 aliphatic heterocycles. The van der Waals surface area contributed by atoms with Gasteiger partial charge in [0.15, 0.2) is 5.78 Å². The van der Waals surface area contributed by atoms with Crippen molar-refractivity contribution < 1.29 is 9.53 Å². The lowest BCUT2D eigenvalue weighted by Crippen LogP contribution is -1.95. The second-order valence-corrected chi connectivity index (χ2v) is 5.41. The topological polar surface area (TPSA) is 26.3 Å². The Morgan fingerprint density at radius 3 is 2.08 bits per heavy atom. The van der Waals surface area contributed by atoms with E-state index in [0.29, 0.717) is 12.2 Å². The predicted octanol–water partition coefficient (Wildman–Crippen LogP) is 5.16. The van der Waals surface area contributed by atoms with Gasteiger partial charge in [-0.3, -0.25) is 4.79 Å². The number of rotatable bonds is 6.